The first-order valence-electron chi connectivity index (χ1n) is 8.29. The second kappa shape index (κ2) is 7.19. The molecular formula is C15H25N5O2. The molecule has 0 saturated carbocycles. The summed E-state index contributed by atoms with van der Waals surface area (Å²) in [5.41, 5.74) is 0. The van der Waals surface area contributed by atoms with Crippen molar-refractivity contribution in [1.82, 2.24) is 25.3 Å². The Hall–Kier alpha value is -1.47. The van der Waals surface area contributed by atoms with Crippen molar-refractivity contribution in [3.8, 4) is 0 Å². The van der Waals surface area contributed by atoms with Crippen molar-refractivity contribution >= 4 is 5.91 Å². The Balaban J connectivity index is 1.42. The molecule has 7 nitrogen and oxygen atoms in total. The molecule has 2 aliphatic heterocycles. The molecule has 0 bridgehead atoms. The molecule has 122 valence electrons. The lowest BCUT2D eigenvalue weighted by atomic mass is 10.1. The largest absolute Gasteiger partial charge is 0.340 e. The molecule has 1 unspecified atom stereocenters. The first-order valence-corrected chi connectivity index (χ1v) is 8.29. The summed E-state index contributed by atoms with van der Waals surface area (Å²) in [6.07, 6.45) is 3.73. The minimum Gasteiger partial charge on any atom is -0.340 e. The number of carbonyl (C=O) groups excluding carboxylic acids is 1. The van der Waals surface area contributed by atoms with Gasteiger partial charge in [-0.15, -0.1) is 0 Å². The van der Waals surface area contributed by atoms with E-state index in [9.17, 15) is 4.79 Å². The molecule has 3 heterocycles. The van der Waals surface area contributed by atoms with E-state index in [-0.39, 0.29) is 5.91 Å². The number of rotatable bonds is 5. The van der Waals surface area contributed by atoms with Gasteiger partial charge in [0.1, 0.15) is 0 Å². The van der Waals surface area contributed by atoms with Crippen LogP contribution < -0.4 is 5.32 Å². The van der Waals surface area contributed by atoms with Crippen molar-refractivity contribution in [1.29, 1.82) is 0 Å². The van der Waals surface area contributed by atoms with Gasteiger partial charge in [-0.05, 0) is 19.4 Å². The van der Waals surface area contributed by atoms with Gasteiger partial charge in [0.15, 0.2) is 5.82 Å². The van der Waals surface area contributed by atoms with Gasteiger partial charge in [-0.25, -0.2) is 0 Å². The Bertz CT molecular complexity index is 490. The molecule has 0 aromatic carbocycles. The van der Waals surface area contributed by atoms with Crippen LogP contribution in [0.4, 0.5) is 0 Å². The minimum absolute atomic E-state index is 0.284. The molecule has 1 aromatic rings. The molecule has 2 aliphatic rings. The van der Waals surface area contributed by atoms with Gasteiger partial charge in [-0.3, -0.25) is 9.69 Å². The van der Waals surface area contributed by atoms with Crippen molar-refractivity contribution in [3.63, 3.8) is 0 Å². The van der Waals surface area contributed by atoms with Crippen molar-refractivity contribution in [2.45, 2.75) is 45.2 Å². The number of aryl methyl sites for hydroxylation is 1. The molecule has 22 heavy (non-hydrogen) atoms. The van der Waals surface area contributed by atoms with Crippen LogP contribution >= 0.6 is 0 Å². The summed E-state index contributed by atoms with van der Waals surface area (Å²) in [5.74, 6) is 1.71. The lowest BCUT2D eigenvalue weighted by Crippen LogP contribution is -2.49. The molecule has 0 spiro atoms. The highest BCUT2D eigenvalue weighted by molar-refractivity contribution is 5.77. The summed E-state index contributed by atoms with van der Waals surface area (Å²) in [7, 11) is 0. The van der Waals surface area contributed by atoms with E-state index >= 15 is 0 Å². The van der Waals surface area contributed by atoms with Gasteiger partial charge in [-0.2, -0.15) is 4.98 Å². The summed E-state index contributed by atoms with van der Waals surface area (Å²) in [4.78, 5) is 20.9. The summed E-state index contributed by atoms with van der Waals surface area (Å²) in [5, 5.41) is 7.38. The average Bonchev–Trinajstić information content (AvgIpc) is 3.19. The SMILES string of the molecule is CCc1nc(CN2CCN(C(=O)CC3CCCN3)CC2)no1. The number of nitrogens with zero attached hydrogens (tertiary/aromatic N) is 4. The predicted molar refractivity (Wildman–Crippen MR) is 81.2 cm³/mol. The smallest absolute Gasteiger partial charge is 0.226 e. The van der Waals surface area contributed by atoms with E-state index in [4.69, 9.17) is 4.52 Å². The first kappa shape index (κ1) is 15.4. The lowest BCUT2D eigenvalue weighted by Gasteiger charge is -2.34. The van der Waals surface area contributed by atoms with Crippen LogP contribution in [0.1, 0.15) is 37.9 Å². The lowest BCUT2D eigenvalue weighted by molar-refractivity contribution is -0.133. The summed E-state index contributed by atoms with van der Waals surface area (Å²) in [6.45, 7) is 7.10. The maximum absolute atomic E-state index is 12.3. The molecule has 1 amide bonds. The fraction of sp³-hybridized carbons (Fsp3) is 0.800. The highest BCUT2D eigenvalue weighted by Gasteiger charge is 2.25. The van der Waals surface area contributed by atoms with Crippen molar-refractivity contribution < 1.29 is 9.32 Å². The van der Waals surface area contributed by atoms with Crippen molar-refractivity contribution in [3.05, 3.63) is 11.7 Å². The third kappa shape index (κ3) is 3.84. The van der Waals surface area contributed by atoms with Crippen LogP contribution in [0.2, 0.25) is 0 Å². The maximum atomic E-state index is 12.3. The van der Waals surface area contributed by atoms with Crippen LogP contribution in [0.15, 0.2) is 4.52 Å². The number of aromatic nitrogens is 2. The molecule has 3 rings (SSSR count). The van der Waals surface area contributed by atoms with Crippen LogP contribution in [0.3, 0.4) is 0 Å². The van der Waals surface area contributed by atoms with Crippen molar-refractivity contribution in [2.24, 2.45) is 0 Å². The molecule has 1 atom stereocenters. The number of piperazine rings is 1. The Morgan fingerprint density at radius 1 is 1.36 bits per heavy atom. The zero-order valence-electron chi connectivity index (χ0n) is 13.3. The van der Waals surface area contributed by atoms with Gasteiger partial charge in [0.25, 0.3) is 0 Å². The highest BCUT2D eigenvalue weighted by atomic mass is 16.5. The van der Waals surface area contributed by atoms with Crippen LogP contribution in [0, 0.1) is 0 Å². The van der Waals surface area contributed by atoms with Gasteiger partial charge >= 0.3 is 0 Å². The van der Waals surface area contributed by atoms with E-state index in [0.717, 1.165) is 51.4 Å². The maximum Gasteiger partial charge on any atom is 0.226 e. The minimum atomic E-state index is 0.284. The van der Waals surface area contributed by atoms with E-state index in [0.29, 0.717) is 24.9 Å². The van der Waals surface area contributed by atoms with Crippen LogP contribution in [0.25, 0.3) is 0 Å². The summed E-state index contributed by atoms with van der Waals surface area (Å²) >= 11 is 0. The molecule has 2 fully saturated rings. The first-order chi connectivity index (χ1) is 10.7. The second-order valence-electron chi connectivity index (χ2n) is 6.11. The second-order valence-corrected chi connectivity index (χ2v) is 6.11. The topological polar surface area (TPSA) is 74.5 Å². The molecule has 2 saturated heterocycles. The number of hydrogen-bond acceptors (Lipinski definition) is 6. The van der Waals surface area contributed by atoms with Gasteiger partial charge in [-0.1, -0.05) is 12.1 Å². The highest BCUT2D eigenvalue weighted by Crippen LogP contribution is 2.13. The summed E-state index contributed by atoms with van der Waals surface area (Å²) in [6, 6.07) is 0.386. The number of amides is 1. The van der Waals surface area contributed by atoms with Crippen molar-refractivity contribution in [2.75, 3.05) is 32.7 Å². The van der Waals surface area contributed by atoms with E-state index < -0.39 is 0 Å². The molecular weight excluding hydrogens is 282 g/mol. The molecule has 1 N–H and O–H groups in total. The summed E-state index contributed by atoms with van der Waals surface area (Å²) < 4.78 is 5.13. The number of carbonyl (C=O) groups is 1. The Morgan fingerprint density at radius 3 is 2.82 bits per heavy atom. The van der Waals surface area contributed by atoms with E-state index in [1.54, 1.807) is 0 Å². The Kier molecular flexibility index (Phi) is 5.04. The van der Waals surface area contributed by atoms with Gasteiger partial charge in [0.2, 0.25) is 11.8 Å². The fourth-order valence-corrected chi connectivity index (χ4v) is 3.12. The molecule has 0 aliphatic carbocycles. The Morgan fingerprint density at radius 2 is 2.18 bits per heavy atom. The zero-order chi connectivity index (χ0) is 15.4. The standard InChI is InChI=1S/C15H25N5O2/c1-2-14-17-13(18-22-14)11-19-6-8-20(9-7-19)15(21)10-12-4-3-5-16-12/h12,16H,2-11H2,1H3. The Labute approximate surface area is 131 Å². The van der Waals surface area contributed by atoms with Gasteiger partial charge in [0.05, 0.1) is 6.54 Å². The van der Waals surface area contributed by atoms with Crippen LogP contribution in [-0.4, -0.2) is 64.6 Å². The normalized spacial score (nSPS) is 23.1. The monoisotopic (exact) mass is 307 g/mol. The number of hydrogen-bond donors (Lipinski definition) is 1. The number of nitrogens with one attached hydrogen (secondary N) is 1. The zero-order valence-corrected chi connectivity index (χ0v) is 13.3. The van der Waals surface area contributed by atoms with E-state index in [1.807, 2.05) is 11.8 Å². The fourth-order valence-electron chi connectivity index (χ4n) is 3.12. The third-order valence-corrected chi connectivity index (χ3v) is 4.49. The van der Waals surface area contributed by atoms with E-state index in [2.05, 4.69) is 20.4 Å². The van der Waals surface area contributed by atoms with Crippen LogP contribution in [-0.2, 0) is 17.8 Å². The quantitative estimate of drug-likeness (QED) is 0.850. The third-order valence-electron chi connectivity index (χ3n) is 4.49. The predicted octanol–water partition coefficient (Wildman–Crippen LogP) is 0.418. The molecule has 0 radical (unpaired) electrons. The molecule has 1 aromatic heterocycles. The van der Waals surface area contributed by atoms with Gasteiger partial charge < -0.3 is 14.7 Å². The van der Waals surface area contributed by atoms with Crippen LogP contribution in [0.5, 0.6) is 0 Å². The van der Waals surface area contributed by atoms with Gasteiger partial charge in [0, 0.05) is 45.1 Å². The average molecular weight is 307 g/mol. The molecule has 7 heteroatoms. The van der Waals surface area contributed by atoms with E-state index in [1.165, 1.54) is 6.42 Å².